The van der Waals surface area contributed by atoms with E-state index in [0.29, 0.717) is 0 Å². The molecular formula is C50H34N4. The molecule has 2 aliphatic heterocycles. The first-order valence-corrected chi connectivity index (χ1v) is 18.5. The van der Waals surface area contributed by atoms with Crippen LogP contribution in [-0.4, -0.2) is 15.6 Å². The van der Waals surface area contributed by atoms with Crippen LogP contribution in [0.25, 0.3) is 67.5 Å². The molecule has 254 valence electrons. The van der Waals surface area contributed by atoms with Gasteiger partial charge in [-0.05, 0) is 77.9 Å². The molecule has 0 radical (unpaired) electrons. The zero-order valence-corrected chi connectivity index (χ0v) is 29.4. The molecule has 0 amide bonds. The zero-order chi connectivity index (χ0) is 35.6. The second-order valence-electron chi connectivity index (χ2n) is 14.1. The highest BCUT2D eigenvalue weighted by atomic mass is 15.2. The van der Waals surface area contributed by atoms with Crippen molar-refractivity contribution in [2.45, 2.75) is 6.04 Å². The molecule has 0 bridgehead atoms. The molecule has 3 aliphatic rings. The maximum absolute atomic E-state index is 5.19. The van der Waals surface area contributed by atoms with E-state index in [2.05, 4.69) is 209 Å². The van der Waals surface area contributed by atoms with Crippen LogP contribution < -0.4 is 10.2 Å². The molecule has 11 rings (SSSR count). The Morgan fingerprint density at radius 2 is 1.41 bits per heavy atom. The number of fused-ring (bicyclic) bond motifs is 8. The predicted molar refractivity (Wildman–Crippen MR) is 226 cm³/mol. The van der Waals surface area contributed by atoms with Crippen LogP contribution in [0.2, 0.25) is 0 Å². The van der Waals surface area contributed by atoms with E-state index in [1.54, 1.807) is 0 Å². The summed E-state index contributed by atoms with van der Waals surface area (Å²) in [6, 6.07) is 52.5. The number of nitrogens with one attached hydrogen (secondary N) is 1. The number of dihydropyridines is 1. The normalized spacial score (nSPS) is 15.7. The molecule has 4 nitrogen and oxygen atoms in total. The number of rotatable bonds is 4. The minimum absolute atomic E-state index is 0.126. The lowest BCUT2D eigenvalue weighted by Crippen LogP contribution is -2.30. The van der Waals surface area contributed by atoms with E-state index in [1.807, 2.05) is 0 Å². The summed E-state index contributed by atoms with van der Waals surface area (Å²) >= 11 is 0. The predicted octanol–water partition coefficient (Wildman–Crippen LogP) is 12.3. The van der Waals surface area contributed by atoms with E-state index < -0.39 is 0 Å². The second-order valence-corrected chi connectivity index (χ2v) is 14.1. The summed E-state index contributed by atoms with van der Waals surface area (Å²) in [7, 11) is 0. The summed E-state index contributed by atoms with van der Waals surface area (Å²) in [6.07, 6.45) is 17.6. The molecule has 4 heteroatoms. The van der Waals surface area contributed by atoms with Crippen molar-refractivity contribution < 1.29 is 0 Å². The minimum atomic E-state index is 0.126. The van der Waals surface area contributed by atoms with Crippen molar-refractivity contribution in [2.75, 3.05) is 4.90 Å². The highest BCUT2D eigenvalue weighted by Gasteiger charge is 2.25. The molecule has 0 saturated heterocycles. The molecule has 6 aromatic carbocycles. The standard InChI is InChI=1S/C50H34N4/c1-2-15-38(16-3-1)53-47-20-10-6-14-35(47)22-25-42-49(53)29-26-41-40-17-7-11-21-48(40)54(50(41)42)39-31-36(45-27-23-33-12-4-8-18-43(33)51-45)30-37(32-39)46-28-24-34-13-5-9-19-44(34)52-46/h1-32,43,51H. The van der Waals surface area contributed by atoms with Gasteiger partial charge < -0.3 is 14.8 Å². The quantitative estimate of drug-likeness (QED) is 0.200. The number of anilines is 3. The molecule has 1 atom stereocenters. The largest absolute Gasteiger partial charge is 0.374 e. The van der Waals surface area contributed by atoms with Gasteiger partial charge in [0.15, 0.2) is 0 Å². The van der Waals surface area contributed by atoms with Crippen LogP contribution in [0, 0.1) is 0 Å². The number of nitrogens with zero attached hydrogens (tertiary/aromatic N) is 3. The first-order valence-electron chi connectivity index (χ1n) is 18.5. The number of para-hydroxylation sites is 4. The van der Waals surface area contributed by atoms with Gasteiger partial charge in [0.1, 0.15) is 0 Å². The first-order chi connectivity index (χ1) is 26.8. The summed E-state index contributed by atoms with van der Waals surface area (Å²) in [5.41, 5.74) is 15.6. The van der Waals surface area contributed by atoms with Gasteiger partial charge in [0.2, 0.25) is 0 Å². The van der Waals surface area contributed by atoms with E-state index in [4.69, 9.17) is 4.98 Å². The monoisotopic (exact) mass is 690 g/mol. The number of hydrogen-bond acceptors (Lipinski definition) is 3. The Hall–Kier alpha value is -7.17. The third-order valence-corrected chi connectivity index (χ3v) is 10.9. The Labute approximate surface area is 313 Å². The Morgan fingerprint density at radius 3 is 2.37 bits per heavy atom. The molecule has 0 fully saturated rings. The lowest BCUT2D eigenvalue weighted by molar-refractivity contribution is 0.813. The molecule has 1 N–H and O–H groups in total. The van der Waals surface area contributed by atoms with Crippen LogP contribution in [-0.2, 0) is 0 Å². The average molecular weight is 691 g/mol. The Bertz CT molecular complexity index is 2970. The Balaban J connectivity index is 1.20. The van der Waals surface area contributed by atoms with Crippen molar-refractivity contribution in [3.63, 3.8) is 0 Å². The number of allylic oxidation sites excluding steroid dienone is 4. The smallest absolute Gasteiger partial charge is 0.0710 e. The van der Waals surface area contributed by atoms with Crippen LogP contribution in [0.3, 0.4) is 0 Å². The molecule has 54 heavy (non-hydrogen) atoms. The van der Waals surface area contributed by atoms with Gasteiger partial charge in [-0.2, -0.15) is 0 Å². The van der Waals surface area contributed by atoms with Crippen molar-refractivity contribution >= 4 is 67.6 Å². The molecule has 4 heterocycles. The Kier molecular flexibility index (Phi) is 6.89. The van der Waals surface area contributed by atoms with E-state index in [0.717, 1.165) is 61.7 Å². The van der Waals surface area contributed by atoms with Crippen LogP contribution in [0.5, 0.6) is 0 Å². The molecule has 1 unspecified atom stereocenters. The van der Waals surface area contributed by atoms with E-state index >= 15 is 0 Å². The summed E-state index contributed by atoms with van der Waals surface area (Å²) in [4.78, 5) is 7.60. The third-order valence-electron chi connectivity index (χ3n) is 10.9. The number of pyridine rings is 1. The van der Waals surface area contributed by atoms with Crippen LogP contribution in [0.15, 0.2) is 188 Å². The van der Waals surface area contributed by atoms with Crippen molar-refractivity contribution in [1.29, 1.82) is 0 Å². The van der Waals surface area contributed by atoms with Gasteiger partial charge in [0.05, 0.1) is 39.7 Å². The molecule has 2 aromatic heterocycles. The Morgan fingerprint density at radius 1 is 0.574 bits per heavy atom. The minimum Gasteiger partial charge on any atom is -0.374 e. The van der Waals surface area contributed by atoms with Gasteiger partial charge in [-0.1, -0.05) is 127 Å². The first kappa shape index (κ1) is 30.5. The maximum Gasteiger partial charge on any atom is 0.0710 e. The fraction of sp³-hybridized carbons (Fsp3) is 0.0200. The second kappa shape index (κ2) is 12.2. The summed E-state index contributed by atoms with van der Waals surface area (Å²) in [6.45, 7) is 0. The zero-order valence-electron chi connectivity index (χ0n) is 29.4. The summed E-state index contributed by atoms with van der Waals surface area (Å²) in [5, 5.41) is 7.39. The topological polar surface area (TPSA) is 33.1 Å². The van der Waals surface area contributed by atoms with Crippen LogP contribution in [0.1, 0.15) is 16.7 Å². The molecule has 0 saturated carbocycles. The molecular weight excluding hydrogens is 657 g/mol. The summed E-state index contributed by atoms with van der Waals surface area (Å²) < 4.78 is 2.47. The highest BCUT2D eigenvalue weighted by Crippen LogP contribution is 2.47. The van der Waals surface area contributed by atoms with E-state index in [9.17, 15) is 0 Å². The van der Waals surface area contributed by atoms with Crippen LogP contribution in [0.4, 0.5) is 17.1 Å². The SMILES string of the molecule is C1=CC2=CC=C(c3cc(-c4ccc5ccccc5n4)cc(-n4c5ccccc5c5ccc6c(c54)C=Cc4ccccc4N6c4ccccc4)c3)NC2C=C1. The van der Waals surface area contributed by atoms with Crippen molar-refractivity contribution in [3.8, 4) is 16.9 Å². The van der Waals surface area contributed by atoms with Gasteiger partial charge >= 0.3 is 0 Å². The van der Waals surface area contributed by atoms with Crippen LogP contribution >= 0.6 is 0 Å². The van der Waals surface area contributed by atoms with Gasteiger partial charge in [0, 0.05) is 49.9 Å². The van der Waals surface area contributed by atoms with E-state index in [1.165, 1.54) is 33.0 Å². The van der Waals surface area contributed by atoms with E-state index in [-0.39, 0.29) is 6.04 Å². The van der Waals surface area contributed by atoms with Crippen molar-refractivity contribution in [3.05, 3.63) is 204 Å². The summed E-state index contributed by atoms with van der Waals surface area (Å²) in [5.74, 6) is 0. The highest BCUT2D eigenvalue weighted by molar-refractivity contribution is 6.15. The van der Waals surface area contributed by atoms with Gasteiger partial charge in [-0.3, -0.25) is 0 Å². The fourth-order valence-corrected chi connectivity index (χ4v) is 8.38. The number of hydrogen-bond donors (Lipinski definition) is 1. The molecule has 8 aromatic rings. The van der Waals surface area contributed by atoms with Gasteiger partial charge in [0.25, 0.3) is 0 Å². The average Bonchev–Trinajstić information content (AvgIpc) is 3.48. The van der Waals surface area contributed by atoms with Crippen molar-refractivity contribution in [1.82, 2.24) is 14.9 Å². The lowest BCUT2D eigenvalue weighted by atomic mass is 9.95. The number of benzene rings is 6. The van der Waals surface area contributed by atoms with Gasteiger partial charge in [-0.15, -0.1) is 0 Å². The fourth-order valence-electron chi connectivity index (χ4n) is 8.38. The molecule has 1 aliphatic carbocycles. The maximum atomic E-state index is 5.19. The lowest BCUT2D eigenvalue weighted by Gasteiger charge is -2.28. The molecule has 0 spiro atoms. The third kappa shape index (κ3) is 4.88. The van der Waals surface area contributed by atoms with Crippen molar-refractivity contribution in [2.24, 2.45) is 0 Å². The number of aromatic nitrogens is 2. The van der Waals surface area contributed by atoms with Gasteiger partial charge in [-0.25, -0.2) is 4.98 Å².